The maximum absolute atomic E-state index is 11.8. The summed E-state index contributed by atoms with van der Waals surface area (Å²) >= 11 is 1.55. The Hall–Kier alpha value is -1.53. The van der Waals surface area contributed by atoms with Crippen molar-refractivity contribution in [3.8, 4) is 0 Å². The molecule has 0 unspecified atom stereocenters. The van der Waals surface area contributed by atoms with E-state index in [9.17, 15) is 9.00 Å². The van der Waals surface area contributed by atoms with Gasteiger partial charge in [0.05, 0.1) is 22.0 Å². The summed E-state index contributed by atoms with van der Waals surface area (Å²) < 4.78 is 16.6. The summed E-state index contributed by atoms with van der Waals surface area (Å²) in [5, 5.41) is 0.974. The largest absolute Gasteiger partial charge is 0.460 e. The Kier molecular flexibility index (Phi) is 5.25. The Morgan fingerprint density at radius 2 is 1.95 bits per heavy atom. The lowest BCUT2D eigenvalue weighted by atomic mass is 10.1. The first-order chi connectivity index (χ1) is 9.95. The predicted octanol–water partition coefficient (Wildman–Crippen LogP) is 2.78. The molecule has 0 saturated heterocycles. The van der Waals surface area contributed by atoms with Gasteiger partial charge in [-0.3, -0.25) is 9.00 Å². The number of ether oxygens (including phenoxy) is 1. The van der Waals surface area contributed by atoms with Gasteiger partial charge in [0.25, 0.3) is 0 Å². The summed E-state index contributed by atoms with van der Waals surface area (Å²) in [6.07, 6.45) is 1.84. The van der Waals surface area contributed by atoms with Crippen molar-refractivity contribution in [1.82, 2.24) is 4.98 Å². The zero-order valence-electron chi connectivity index (χ0n) is 12.2. The van der Waals surface area contributed by atoms with Gasteiger partial charge in [-0.25, -0.2) is 4.98 Å². The van der Waals surface area contributed by atoms with Crippen molar-refractivity contribution in [2.24, 2.45) is 0 Å². The van der Waals surface area contributed by atoms with Gasteiger partial charge in [-0.15, -0.1) is 11.3 Å². The molecular formula is C15H17NO3S2. The highest BCUT2D eigenvalue weighted by Gasteiger charge is 2.09. The van der Waals surface area contributed by atoms with Gasteiger partial charge in [0, 0.05) is 22.0 Å². The maximum atomic E-state index is 11.8. The number of esters is 1. The van der Waals surface area contributed by atoms with Gasteiger partial charge >= 0.3 is 5.97 Å². The van der Waals surface area contributed by atoms with Gasteiger partial charge in [0.1, 0.15) is 6.61 Å². The minimum atomic E-state index is -1.00. The molecular weight excluding hydrogens is 306 g/mol. The normalized spacial score (nSPS) is 12.1. The summed E-state index contributed by atoms with van der Waals surface area (Å²) in [7, 11) is -1.00. The molecule has 21 heavy (non-hydrogen) atoms. The van der Waals surface area contributed by atoms with Gasteiger partial charge in [0.15, 0.2) is 0 Å². The van der Waals surface area contributed by atoms with Gasteiger partial charge in [-0.2, -0.15) is 0 Å². The van der Waals surface area contributed by atoms with Crippen LogP contribution in [0.4, 0.5) is 0 Å². The monoisotopic (exact) mass is 323 g/mol. The number of hydrogen-bond donors (Lipinski definition) is 0. The number of hydrogen-bond acceptors (Lipinski definition) is 5. The first-order valence-electron chi connectivity index (χ1n) is 6.46. The third-order valence-corrected chi connectivity index (χ3v) is 4.95. The van der Waals surface area contributed by atoms with Crippen molar-refractivity contribution >= 4 is 28.1 Å². The van der Waals surface area contributed by atoms with Crippen molar-refractivity contribution in [1.29, 1.82) is 0 Å². The van der Waals surface area contributed by atoms with Crippen LogP contribution < -0.4 is 0 Å². The average Bonchev–Trinajstić information content (AvgIpc) is 2.75. The zero-order valence-corrected chi connectivity index (χ0v) is 13.8. The van der Waals surface area contributed by atoms with E-state index in [0.29, 0.717) is 0 Å². The van der Waals surface area contributed by atoms with Crippen molar-refractivity contribution in [2.75, 3.05) is 6.26 Å². The van der Waals surface area contributed by atoms with Crippen LogP contribution >= 0.6 is 11.3 Å². The Balaban J connectivity index is 1.89. The molecule has 4 nitrogen and oxygen atoms in total. The van der Waals surface area contributed by atoms with E-state index in [2.05, 4.69) is 4.98 Å². The Bertz CT molecular complexity index is 662. The van der Waals surface area contributed by atoms with Crippen LogP contribution in [0, 0.1) is 13.8 Å². The molecule has 1 aromatic heterocycles. The molecule has 0 aliphatic heterocycles. The van der Waals surface area contributed by atoms with Crippen LogP contribution in [0.25, 0.3) is 0 Å². The van der Waals surface area contributed by atoms with Crippen LogP contribution in [0.5, 0.6) is 0 Å². The SMILES string of the molecule is Cc1nc(C)c(COC(=O)Cc2ccc([S@](C)=O)cc2)s1. The standard InChI is InChI=1S/C15H17NO3S2/c1-10-14(20-11(2)16-10)9-19-15(17)8-12-4-6-13(7-5-12)21(3)18/h4-7H,8-9H2,1-3H3/t21-/m0/s1. The van der Waals surface area contributed by atoms with E-state index in [0.717, 1.165) is 26.0 Å². The quantitative estimate of drug-likeness (QED) is 0.794. The second-order valence-electron chi connectivity index (χ2n) is 4.68. The lowest BCUT2D eigenvalue weighted by molar-refractivity contribution is -0.144. The molecule has 0 radical (unpaired) electrons. The minimum absolute atomic E-state index is 0.216. The highest BCUT2D eigenvalue weighted by atomic mass is 32.2. The first kappa shape index (κ1) is 15.9. The second kappa shape index (κ2) is 6.95. The molecule has 2 rings (SSSR count). The molecule has 1 atom stereocenters. The Morgan fingerprint density at radius 3 is 2.48 bits per heavy atom. The van der Waals surface area contributed by atoms with E-state index in [4.69, 9.17) is 4.74 Å². The molecule has 0 fully saturated rings. The molecule has 1 aromatic carbocycles. The van der Waals surface area contributed by atoms with E-state index in [1.165, 1.54) is 0 Å². The average molecular weight is 323 g/mol. The number of benzene rings is 1. The number of rotatable bonds is 5. The van der Waals surface area contributed by atoms with Crippen LogP contribution in [0.3, 0.4) is 0 Å². The number of carbonyl (C=O) groups excluding carboxylic acids is 1. The smallest absolute Gasteiger partial charge is 0.310 e. The van der Waals surface area contributed by atoms with E-state index in [1.54, 1.807) is 41.9 Å². The molecule has 0 bridgehead atoms. The number of aryl methyl sites for hydroxylation is 2. The number of nitrogens with zero attached hydrogens (tertiary/aromatic N) is 1. The molecule has 0 amide bonds. The molecule has 0 aliphatic rings. The topological polar surface area (TPSA) is 56.3 Å². The van der Waals surface area contributed by atoms with Gasteiger partial charge in [-0.05, 0) is 31.5 Å². The van der Waals surface area contributed by atoms with Gasteiger partial charge in [0.2, 0.25) is 0 Å². The molecule has 0 N–H and O–H groups in total. The van der Waals surface area contributed by atoms with Crippen molar-refractivity contribution in [2.45, 2.75) is 31.8 Å². The molecule has 0 spiro atoms. The molecule has 2 aromatic rings. The first-order valence-corrected chi connectivity index (χ1v) is 8.84. The summed E-state index contributed by atoms with van der Waals surface area (Å²) in [6, 6.07) is 7.16. The Labute approximate surface area is 130 Å². The second-order valence-corrected chi connectivity index (χ2v) is 7.34. The van der Waals surface area contributed by atoms with Crippen molar-refractivity contribution in [3.63, 3.8) is 0 Å². The van der Waals surface area contributed by atoms with E-state index >= 15 is 0 Å². The third kappa shape index (κ3) is 4.47. The summed E-state index contributed by atoms with van der Waals surface area (Å²) in [5.74, 6) is -0.272. The van der Waals surface area contributed by atoms with Crippen LogP contribution in [0.15, 0.2) is 29.2 Å². The summed E-state index contributed by atoms with van der Waals surface area (Å²) in [6.45, 7) is 4.12. The molecule has 0 saturated carbocycles. The van der Waals surface area contributed by atoms with Gasteiger partial charge < -0.3 is 4.74 Å². The minimum Gasteiger partial charge on any atom is -0.460 e. The highest BCUT2D eigenvalue weighted by Crippen LogP contribution is 2.18. The van der Waals surface area contributed by atoms with Crippen LogP contribution in [-0.2, 0) is 33.4 Å². The van der Waals surface area contributed by atoms with Crippen LogP contribution in [0.1, 0.15) is 21.1 Å². The number of thiazole rings is 1. The predicted molar refractivity (Wildman–Crippen MR) is 83.9 cm³/mol. The molecule has 112 valence electrons. The molecule has 1 heterocycles. The lowest BCUT2D eigenvalue weighted by Crippen LogP contribution is -2.08. The van der Waals surface area contributed by atoms with Gasteiger partial charge in [-0.1, -0.05) is 12.1 Å². The van der Waals surface area contributed by atoms with Crippen molar-refractivity contribution in [3.05, 3.63) is 45.4 Å². The van der Waals surface area contributed by atoms with Crippen LogP contribution in [0.2, 0.25) is 0 Å². The summed E-state index contributed by atoms with van der Waals surface area (Å²) in [4.78, 5) is 17.9. The Morgan fingerprint density at radius 1 is 1.29 bits per heavy atom. The van der Waals surface area contributed by atoms with E-state index in [1.807, 2.05) is 13.8 Å². The van der Waals surface area contributed by atoms with E-state index in [-0.39, 0.29) is 19.0 Å². The fourth-order valence-corrected chi connectivity index (χ4v) is 3.24. The maximum Gasteiger partial charge on any atom is 0.310 e. The third-order valence-electron chi connectivity index (χ3n) is 2.97. The van der Waals surface area contributed by atoms with Crippen molar-refractivity contribution < 1.29 is 13.7 Å². The molecule has 6 heteroatoms. The lowest BCUT2D eigenvalue weighted by Gasteiger charge is -2.04. The zero-order chi connectivity index (χ0) is 15.4. The fourth-order valence-electron chi connectivity index (χ4n) is 1.87. The molecule has 0 aliphatic carbocycles. The summed E-state index contributed by atoms with van der Waals surface area (Å²) in [5.41, 5.74) is 1.77. The highest BCUT2D eigenvalue weighted by molar-refractivity contribution is 7.84. The fraction of sp³-hybridized carbons (Fsp3) is 0.333. The van der Waals surface area contributed by atoms with E-state index < -0.39 is 10.8 Å². The number of aromatic nitrogens is 1. The van der Waals surface area contributed by atoms with Crippen LogP contribution in [-0.4, -0.2) is 21.4 Å². The number of carbonyl (C=O) groups is 1.